The van der Waals surface area contributed by atoms with Gasteiger partial charge in [0.15, 0.2) is 0 Å². The maximum absolute atomic E-state index is 12.0. The van der Waals surface area contributed by atoms with E-state index in [0.29, 0.717) is 10.9 Å². The van der Waals surface area contributed by atoms with Gasteiger partial charge < -0.3 is 4.90 Å². The van der Waals surface area contributed by atoms with Crippen molar-refractivity contribution in [1.29, 1.82) is 0 Å². The maximum Gasteiger partial charge on any atom is 0.269 e. The van der Waals surface area contributed by atoms with Crippen LogP contribution >= 0.6 is 22.9 Å². The second-order valence-corrected chi connectivity index (χ2v) is 6.38. The summed E-state index contributed by atoms with van der Waals surface area (Å²) in [7, 11) is 1.70. The Hall–Kier alpha value is -2.18. The summed E-state index contributed by atoms with van der Waals surface area (Å²) in [6.45, 7) is 0.487. The minimum atomic E-state index is -0.460. The van der Waals surface area contributed by atoms with Crippen LogP contribution in [0.2, 0.25) is 4.34 Å². The van der Waals surface area contributed by atoms with E-state index < -0.39 is 4.92 Å². The summed E-state index contributed by atoms with van der Waals surface area (Å²) in [5.74, 6) is -0.150. The lowest BCUT2D eigenvalue weighted by Gasteiger charge is -2.13. The summed E-state index contributed by atoms with van der Waals surface area (Å²) in [5, 5.41) is 10.6. The second-order valence-electron chi connectivity index (χ2n) is 4.58. The van der Waals surface area contributed by atoms with E-state index in [9.17, 15) is 14.9 Å². The van der Waals surface area contributed by atoms with E-state index in [2.05, 4.69) is 0 Å². The summed E-state index contributed by atoms with van der Waals surface area (Å²) >= 11 is 7.29. The molecule has 0 fully saturated rings. The Bertz CT molecular complexity index is 710. The molecular formula is C15H13ClN2O3S. The van der Waals surface area contributed by atoms with Crippen molar-refractivity contribution in [1.82, 2.24) is 4.90 Å². The van der Waals surface area contributed by atoms with Gasteiger partial charge in [-0.3, -0.25) is 14.9 Å². The van der Waals surface area contributed by atoms with E-state index >= 15 is 0 Å². The minimum absolute atomic E-state index is 0.0233. The number of benzene rings is 1. The number of rotatable bonds is 5. The molecule has 22 heavy (non-hydrogen) atoms. The number of amides is 1. The molecule has 114 valence electrons. The Balaban J connectivity index is 1.96. The molecule has 0 aliphatic rings. The predicted octanol–water partition coefficient (Wildman–Crippen LogP) is 3.98. The van der Waals surface area contributed by atoms with Gasteiger partial charge in [0.25, 0.3) is 5.69 Å². The summed E-state index contributed by atoms with van der Waals surface area (Å²) in [4.78, 5) is 24.7. The molecule has 2 rings (SSSR count). The van der Waals surface area contributed by atoms with E-state index in [4.69, 9.17) is 11.6 Å². The van der Waals surface area contributed by atoms with Crippen molar-refractivity contribution < 1.29 is 9.72 Å². The zero-order valence-electron chi connectivity index (χ0n) is 11.7. The fourth-order valence-corrected chi connectivity index (χ4v) is 2.89. The van der Waals surface area contributed by atoms with Crippen molar-refractivity contribution in [2.75, 3.05) is 7.05 Å². The van der Waals surface area contributed by atoms with Crippen molar-refractivity contribution in [3.8, 4) is 0 Å². The lowest BCUT2D eigenvalue weighted by Crippen LogP contribution is -2.23. The van der Waals surface area contributed by atoms with Crippen LogP contribution in [0.25, 0.3) is 6.08 Å². The Kier molecular flexibility index (Phi) is 5.30. The fraction of sp³-hybridized carbons (Fsp3) is 0.133. The molecule has 0 saturated heterocycles. The van der Waals surface area contributed by atoms with Crippen LogP contribution in [-0.2, 0) is 11.3 Å². The Morgan fingerprint density at radius 3 is 2.55 bits per heavy atom. The smallest absolute Gasteiger partial charge is 0.269 e. The largest absolute Gasteiger partial charge is 0.337 e. The Morgan fingerprint density at radius 2 is 2.00 bits per heavy atom. The Labute approximate surface area is 136 Å². The minimum Gasteiger partial charge on any atom is -0.337 e. The van der Waals surface area contributed by atoms with Gasteiger partial charge in [0.05, 0.1) is 15.8 Å². The van der Waals surface area contributed by atoms with Crippen LogP contribution in [0.1, 0.15) is 10.4 Å². The van der Waals surface area contributed by atoms with Crippen LogP contribution in [-0.4, -0.2) is 22.8 Å². The van der Waals surface area contributed by atoms with E-state index in [0.717, 1.165) is 10.4 Å². The van der Waals surface area contributed by atoms with E-state index in [1.165, 1.54) is 29.5 Å². The van der Waals surface area contributed by atoms with E-state index in [-0.39, 0.29) is 11.6 Å². The Morgan fingerprint density at radius 1 is 1.32 bits per heavy atom. The first-order chi connectivity index (χ1) is 10.5. The quantitative estimate of drug-likeness (QED) is 0.471. The highest BCUT2D eigenvalue weighted by atomic mass is 35.5. The second kappa shape index (κ2) is 7.20. The van der Waals surface area contributed by atoms with Gasteiger partial charge >= 0.3 is 0 Å². The fourth-order valence-electron chi connectivity index (χ4n) is 1.75. The van der Waals surface area contributed by atoms with Crippen LogP contribution in [0.15, 0.2) is 42.5 Å². The molecule has 0 atom stereocenters. The zero-order chi connectivity index (χ0) is 16.1. The predicted molar refractivity (Wildman–Crippen MR) is 87.9 cm³/mol. The van der Waals surface area contributed by atoms with Gasteiger partial charge in [-0.2, -0.15) is 0 Å². The zero-order valence-corrected chi connectivity index (χ0v) is 13.3. The molecule has 1 heterocycles. The van der Waals surface area contributed by atoms with Crippen LogP contribution < -0.4 is 0 Å². The molecule has 1 amide bonds. The summed E-state index contributed by atoms with van der Waals surface area (Å²) in [5.41, 5.74) is 0.752. The molecule has 1 aromatic heterocycles. The van der Waals surface area contributed by atoms with Crippen LogP contribution in [0.3, 0.4) is 0 Å². The van der Waals surface area contributed by atoms with Crippen molar-refractivity contribution in [3.63, 3.8) is 0 Å². The molecular weight excluding hydrogens is 324 g/mol. The summed E-state index contributed by atoms with van der Waals surface area (Å²) in [6.07, 6.45) is 3.07. The van der Waals surface area contributed by atoms with Gasteiger partial charge in [0.2, 0.25) is 5.91 Å². The van der Waals surface area contributed by atoms with Crippen LogP contribution in [0, 0.1) is 10.1 Å². The molecule has 0 unspecified atom stereocenters. The third-order valence-corrected chi connectivity index (χ3v) is 4.14. The van der Waals surface area contributed by atoms with Gasteiger partial charge in [0, 0.05) is 30.1 Å². The van der Waals surface area contributed by atoms with Gasteiger partial charge in [0.1, 0.15) is 0 Å². The molecule has 1 aromatic carbocycles. The van der Waals surface area contributed by atoms with Gasteiger partial charge in [-0.1, -0.05) is 11.6 Å². The number of nitrogens with zero attached hydrogens (tertiary/aromatic N) is 2. The van der Waals surface area contributed by atoms with E-state index in [1.54, 1.807) is 36.2 Å². The molecule has 0 aliphatic heterocycles. The van der Waals surface area contributed by atoms with Crippen LogP contribution in [0.5, 0.6) is 0 Å². The standard InChI is InChI=1S/C15H13ClN2O3S/c1-17(10-13-7-8-14(16)22-13)15(19)9-4-11-2-5-12(6-3-11)18(20)21/h2-9H,10H2,1H3. The average molecular weight is 337 g/mol. The SMILES string of the molecule is CN(Cc1ccc(Cl)s1)C(=O)C=Cc1ccc([N+](=O)[O-])cc1. The number of hydrogen-bond acceptors (Lipinski definition) is 4. The number of nitro benzene ring substituents is 1. The number of thiophene rings is 1. The monoisotopic (exact) mass is 336 g/mol. The highest BCUT2D eigenvalue weighted by Crippen LogP contribution is 2.22. The third-order valence-electron chi connectivity index (χ3n) is 2.92. The van der Waals surface area contributed by atoms with Gasteiger partial charge in [-0.15, -0.1) is 11.3 Å². The molecule has 0 bridgehead atoms. The molecule has 0 radical (unpaired) electrons. The van der Waals surface area contributed by atoms with Crippen molar-refractivity contribution >= 4 is 40.6 Å². The summed E-state index contributed by atoms with van der Waals surface area (Å²) in [6, 6.07) is 9.69. The molecule has 0 aliphatic carbocycles. The molecule has 2 aromatic rings. The highest BCUT2D eigenvalue weighted by Gasteiger charge is 2.08. The number of halogens is 1. The molecule has 5 nitrogen and oxygen atoms in total. The summed E-state index contributed by atoms with van der Waals surface area (Å²) < 4.78 is 0.692. The van der Waals surface area contributed by atoms with Crippen molar-refractivity contribution in [3.05, 3.63) is 67.4 Å². The molecule has 0 saturated carbocycles. The number of hydrogen-bond donors (Lipinski definition) is 0. The van der Waals surface area contributed by atoms with Gasteiger partial charge in [-0.25, -0.2) is 0 Å². The average Bonchev–Trinajstić information content (AvgIpc) is 2.90. The number of nitro groups is 1. The van der Waals surface area contributed by atoms with Crippen molar-refractivity contribution in [2.45, 2.75) is 6.54 Å². The van der Waals surface area contributed by atoms with E-state index in [1.807, 2.05) is 6.07 Å². The van der Waals surface area contributed by atoms with Crippen LogP contribution in [0.4, 0.5) is 5.69 Å². The maximum atomic E-state index is 12.0. The first kappa shape index (κ1) is 16.2. The molecule has 0 N–H and O–H groups in total. The number of carbonyl (C=O) groups is 1. The van der Waals surface area contributed by atoms with Crippen molar-refractivity contribution in [2.24, 2.45) is 0 Å². The lowest BCUT2D eigenvalue weighted by molar-refractivity contribution is -0.384. The highest BCUT2D eigenvalue weighted by molar-refractivity contribution is 7.16. The number of likely N-dealkylation sites (N-methyl/N-ethyl adjacent to an activating group) is 1. The first-order valence-electron chi connectivity index (χ1n) is 6.37. The lowest BCUT2D eigenvalue weighted by atomic mass is 10.2. The molecule has 7 heteroatoms. The number of carbonyl (C=O) groups excluding carboxylic acids is 1. The van der Waals surface area contributed by atoms with Gasteiger partial charge in [-0.05, 0) is 35.9 Å². The third kappa shape index (κ3) is 4.41. The topological polar surface area (TPSA) is 63.5 Å². The normalized spacial score (nSPS) is 10.8. The number of non-ortho nitro benzene ring substituents is 1. The first-order valence-corrected chi connectivity index (χ1v) is 7.57. The molecule has 0 spiro atoms.